The summed E-state index contributed by atoms with van der Waals surface area (Å²) >= 11 is 0. The smallest absolute Gasteiger partial charge is 0.228 e. The first-order chi connectivity index (χ1) is 7.10. The molecule has 0 bridgehead atoms. The molecule has 0 amide bonds. The van der Waals surface area contributed by atoms with Gasteiger partial charge >= 0.3 is 0 Å². The first-order valence-corrected chi connectivity index (χ1v) is 12.4. The molecule has 0 aromatic heterocycles. The molecule has 0 aliphatic rings. The zero-order valence-corrected chi connectivity index (χ0v) is 13.1. The minimum absolute atomic E-state index is 0.146. The molecule has 86 valence electrons. The average molecular weight is 248 g/mol. The van der Waals surface area contributed by atoms with Crippen LogP contribution in [0.3, 0.4) is 0 Å². The van der Waals surface area contributed by atoms with E-state index in [1.807, 2.05) is 0 Å². The molecule has 0 aliphatic carbocycles. The molecule has 0 radical (unpaired) electrons. The van der Waals surface area contributed by atoms with Gasteiger partial charge in [-0.1, -0.05) is 45.2 Å². The van der Waals surface area contributed by atoms with Crippen molar-refractivity contribution in [3.63, 3.8) is 0 Å². The lowest BCUT2D eigenvalue weighted by atomic mass is 10.4. The van der Waals surface area contributed by atoms with Gasteiger partial charge in [-0.05, 0) is 12.0 Å². The number of ketones is 1. The molecule has 0 aliphatic heterocycles. The van der Waals surface area contributed by atoms with E-state index in [1.165, 1.54) is 6.08 Å². The van der Waals surface area contributed by atoms with Gasteiger partial charge in [0.05, 0.1) is 0 Å². The summed E-state index contributed by atoms with van der Waals surface area (Å²) in [6.07, 6.45) is 3.07. The van der Waals surface area contributed by atoms with Crippen LogP contribution in [0.4, 0.5) is 0 Å². The van der Waals surface area contributed by atoms with Gasteiger partial charge in [0.2, 0.25) is 5.78 Å². The van der Waals surface area contributed by atoms with Gasteiger partial charge in [-0.3, -0.25) is 4.79 Å². The van der Waals surface area contributed by atoms with Crippen molar-refractivity contribution < 1.29 is 4.79 Å². The standard InChI is InChI=1S/C13H20OSi2/c1-15(2,3)11-8-7-9-13(14)10-12-16(4,5)6/h7,9H,1-6H3/b9-7+. The fourth-order valence-corrected chi connectivity index (χ4v) is 1.68. The molecule has 16 heavy (non-hydrogen) atoms. The molecule has 0 spiro atoms. The molecular formula is C13H20OSi2. The third-order valence-electron chi connectivity index (χ3n) is 1.33. The van der Waals surface area contributed by atoms with E-state index in [4.69, 9.17) is 0 Å². The van der Waals surface area contributed by atoms with Gasteiger partial charge in [-0.2, -0.15) is 0 Å². The maximum Gasteiger partial charge on any atom is 0.228 e. The Morgan fingerprint density at radius 1 is 0.938 bits per heavy atom. The van der Waals surface area contributed by atoms with E-state index in [-0.39, 0.29) is 5.78 Å². The highest BCUT2D eigenvalue weighted by molar-refractivity contribution is 6.84. The summed E-state index contributed by atoms with van der Waals surface area (Å²) in [5, 5.41) is 0. The zero-order valence-electron chi connectivity index (χ0n) is 11.1. The van der Waals surface area contributed by atoms with Gasteiger partial charge in [-0.15, -0.1) is 11.1 Å². The number of hydrogen-bond acceptors (Lipinski definition) is 1. The summed E-state index contributed by atoms with van der Waals surface area (Å²) in [6, 6.07) is 0. The fourth-order valence-electron chi connectivity index (χ4n) is 0.666. The lowest BCUT2D eigenvalue weighted by molar-refractivity contribution is -0.109. The topological polar surface area (TPSA) is 17.1 Å². The Labute approximate surface area is 101 Å². The van der Waals surface area contributed by atoms with Gasteiger partial charge in [0.1, 0.15) is 16.1 Å². The van der Waals surface area contributed by atoms with Crippen LogP contribution in [0.25, 0.3) is 0 Å². The highest BCUT2D eigenvalue weighted by atomic mass is 28.3. The van der Waals surface area contributed by atoms with Gasteiger partial charge in [0, 0.05) is 6.08 Å². The third-order valence-corrected chi connectivity index (χ3v) is 3.10. The Kier molecular flexibility index (Phi) is 5.51. The van der Waals surface area contributed by atoms with Crippen molar-refractivity contribution >= 4 is 21.9 Å². The van der Waals surface area contributed by atoms with E-state index < -0.39 is 16.1 Å². The van der Waals surface area contributed by atoms with Crippen molar-refractivity contribution in [1.29, 1.82) is 0 Å². The Morgan fingerprint density at radius 2 is 1.44 bits per heavy atom. The number of allylic oxidation sites excluding steroid dienone is 2. The number of rotatable bonds is 1. The number of carbonyl (C=O) groups excluding carboxylic acids is 1. The van der Waals surface area contributed by atoms with Gasteiger partial charge in [-0.25, -0.2) is 0 Å². The van der Waals surface area contributed by atoms with Crippen molar-refractivity contribution in [1.82, 2.24) is 0 Å². The Bertz CT molecular complexity index is 398. The van der Waals surface area contributed by atoms with Gasteiger partial charge in [0.15, 0.2) is 0 Å². The van der Waals surface area contributed by atoms with E-state index in [1.54, 1.807) is 6.08 Å². The van der Waals surface area contributed by atoms with Crippen LogP contribution in [0.15, 0.2) is 12.2 Å². The molecule has 0 heterocycles. The maximum atomic E-state index is 11.3. The van der Waals surface area contributed by atoms with Crippen LogP contribution >= 0.6 is 0 Å². The average Bonchev–Trinajstić information content (AvgIpc) is 2.06. The first kappa shape index (κ1) is 15.0. The molecule has 0 aromatic rings. The summed E-state index contributed by atoms with van der Waals surface area (Å²) in [4.78, 5) is 11.3. The molecule has 0 saturated heterocycles. The van der Waals surface area contributed by atoms with Gasteiger partial charge < -0.3 is 0 Å². The largest absolute Gasteiger partial charge is 0.280 e. The summed E-state index contributed by atoms with van der Waals surface area (Å²) in [7, 11) is -2.77. The van der Waals surface area contributed by atoms with Crippen LogP contribution in [0.2, 0.25) is 39.3 Å². The van der Waals surface area contributed by atoms with Crippen LogP contribution in [-0.4, -0.2) is 21.9 Å². The van der Waals surface area contributed by atoms with E-state index in [9.17, 15) is 4.79 Å². The zero-order chi connectivity index (χ0) is 12.8. The molecule has 3 heteroatoms. The van der Waals surface area contributed by atoms with Crippen molar-refractivity contribution in [2.24, 2.45) is 0 Å². The summed E-state index contributed by atoms with van der Waals surface area (Å²) < 4.78 is 0. The molecular weight excluding hydrogens is 228 g/mol. The summed E-state index contributed by atoms with van der Waals surface area (Å²) in [5.41, 5.74) is 6.19. The molecule has 1 nitrogen and oxygen atoms in total. The molecule has 0 atom stereocenters. The molecule has 0 N–H and O–H groups in total. The van der Waals surface area contributed by atoms with E-state index in [0.29, 0.717) is 0 Å². The van der Waals surface area contributed by atoms with Crippen LogP contribution in [0, 0.1) is 22.9 Å². The van der Waals surface area contributed by atoms with Gasteiger partial charge in [0.25, 0.3) is 0 Å². The Balaban J connectivity index is 4.41. The van der Waals surface area contributed by atoms with Crippen LogP contribution in [0.1, 0.15) is 0 Å². The lowest BCUT2D eigenvalue weighted by Gasteiger charge is -2.02. The van der Waals surface area contributed by atoms with E-state index >= 15 is 0 Å². The second kappa shape index (κ2) is 5.89. The molecule has 0 aromatic carbocycles. The van der Waals surface area contributed by atoms with Crippen molar-refractivity contribution in [3.8, 4) is 22.9 Å². The van der Waals surface area contributed by atoms with E-state index in [0.717, 1.165) is 0 Å². The number of carbonyl (C=O) groups is 1. The third kappa shape index (κ3) is 11.0. The minimum Gasteiger partial charge on any atom is -0.280 e. The normalized spacial score (nSPS) is 11.4. The summed E-state index contributed by atoms with van der Waals surface area (Å²) in [6.45, 7) is 12.8. The second-order valence-corrected chi connectivity index (χ2v) is 15.2. The molecule has 0 unspecified atom stereocenters. The quantitative estimate of drug-likeness (QED) is 0.396. The van der Waals surface area contributed by atoms with E-state index in [2.05, 4.69) is 62.2 Å². The second-order valence-electron chi connectivity index (χ2n) is 5.72. The number of hydrogen-bond donors (Lipinski definition) is 0. The minimum atomic E-state index is -1.44. The van der Waals surface area contributed by atoms with Crippen LogP contribution in [0.5, 0.6) is 0 Å². The SMILES string of the molecule is C[Si](C)(C)C#C/C=C/C(=O)C#C[Si](C)(C)C. The highest BCUT2D eigenvalue weighted by Gasteiger charge is 2.08. The first-order valence-electron chi connectivity index (χ1n) is 5.36. The van der Waals surface area contributed by atoms with Crippen LogP contribution in [-0.2, 0) is 4.79 Å². The maximum absolute atomic E-state index is 11.3. The lowest BCUT2D eigenvalue weighted by Crippen LogP contribution is -2.16. The monoisotopic (exact) mass is 248 g/mol. The van der Waals surface area contributed by atoms with Crippen molar-refractivity contribution in [2.45, 2.75) is 39.3 Å². The Morgan fingerprint density at radius 3 is 1.88 bits per heavy atom. The Hall–Kier alpha value is -1.04. The molecule has 0 rings (SSSR count). The fraction of sp³-hybridized carbons (Fsp3) is 0.462. The van der Waals surface area contributed by atoms with Crippen molar-refractivity contribution in [2.75, 3.05) is 0 Å². The summed E-state index contributed by atoms with van der Waals surface area (Å²) in [5.74, 6) is 5.41. The molecule has 0 fully saturated rings. The predicted octanol–water partition coefficient (Wildman–Crippen LogP) is 2.87. The predicted molar refractivity (Wildman–Crippen MR) is 76.4 cm³/mol. The highest BCUT2D eigenvalue weighted by Crippen LogP contribution is 1.97. The molecule has 0 saturated carbocycles. The van der Waals surface area contributed by atoms with Crippen molar-refractivity contribution in [3.05, 3.63) is 12.2 Å². The van der Waals surface area contributed by atoms with Crippen LogP contribution < -0.4 is 0 Å².